The van der Waals surface area contributed by atoms with E-state index >= 15 is 0 Å². The van der Waals surface area contributed by atoms with Crippen molar-refractivity contribution in [2.75, 3.05) is 26.4 Å². The van der Waals surface area contributed by atoms with E-state index < -0.39 is 15.8 Å². The van der Waals surface area contributed by atoms with Crippen LogP contribution in [0.2, 0.25) is 0 Å². The van der Waals surface area contributed by atoms with E-state index in [1.807, 2.05) is 0 Å². The van der Waals surface area contributed by atoms with Gasteiger partial charge in [-0.05, 0) is 78.5 Å². The molecule has 4 aromatic carbocycles. The monoisotopic (exact) mass is 782 g/mol. The van der Waals surface area contributed by atoms with Crippen LogP contribution in [0.15, 0.2) is 97.1 Å². The van der Waals surface area contributed by atoms with E-state index in [0.29, 0.717) is 18.6 Å². The van der Waals surface area contributed by atoms with Gasteiger partial charge >= 0.3 is 0 Å². The molecule has 0 aromatic heterocycles. The summed E-state index contributed by atoms with van der Waals surface area (Å²) in [4.78, 5) is 12.3. The second-order valence-corrected chi connectivity index (χ2v) is 25.0. The minimum atomic E-state index is -0.458. The van der Waals surface area contributed by atoms with Crippen LogP contribution in [0.3, 0.4) is 0 Å². The predicted molar refractivity (Wildman–Crippen MR) is 235 cm³/mol. The highest BCUT2D eigenvalue weighted by Gasteiger charge is 2.57. The molecule has 0 radical (unpaired) electrons. The molecule has 0 atom stereocenters. The van der Waals surface area contributed by atoms with Gasteiger partial charge in [0.1, 0.15) is 5.78 Å². The number of aryl methyl sites for hydroxylation is 2. The highest BCUT2D eigenvalue weighted by Crippen LogP contribution is 2.69. The standard InChI is InChI=1S/C24H31O2P.C22H27OP.C2H6O2/c1-18-10-6-7-11-19(18)20-12-8-9-13-21(20)27-22(2,3)16-24(17-23(27,4)5)25-14-15-26-24;1-16-10-6-7-11-18(16)19-12-8-9-13-20(19)24-21(2,3)14-17(23)15-22(24,4)5;3-1-2-4/h6-13H,14-17H2,1-5H3;6-13H,14-15H2,1-5H3;3-4H,1-2H2. The van der Waals surface area contributed by atoms with Crippen LogP contribution in [-0.2, 0) is 14.3 Å². The average Bonchev–Trinajstić information content (AvgIpc) is 3.53. The molecule has 0 saturated carbocycles. The maximum Gasteiger partial charge on any atom is 0.170 e. The Morgan fingerprint density at radius 3 is 1.20 bits per heavy atom. The molecule has 7 heteroatoms. The van der Waals surface area contributed by atoms with Crippen molar-refractivity contribution in [2.45, 2.75) is 121 Å². The van der Waals surface area contributed by atoms with Crippen molar-refractivity contribution in [2.24, 2.45) is 0 Å². The lowest BCUT2D eigenvalue weighted by Gasteiger charge is -2.55. The summed E-state index contributed by atoms with van der Waals surface area (Å²) in [7, 11) is -0.870. The van der Waals surface area contributed by atoms with Crippen molar-refractivity contribution in [3.63, 3.8) is 0 Å². The largest absolute Gasteiger partial charge is 0.394 e. The van der Waals surface area contributed by atoms with E-state index in [4.69, 9.17) is 19.7 Å². The molecule has 0 amide bonds. The molecule has 2 N–H and O–H groups in total. The molecule has 3 heterocycles. The molecular formula is C48H64O5P2. The number of aliphatic hydroxyl groups is 2. The van der Waals surface area contributed by atoms with Gasteiger partial charge in [-0.2, -0.15) is 0 Å². The maximum absolute atomic E-state index is 12.3. The zero-order valence-corrected chi connectivity index (χ0v) is 36.7. The topological polar surface area (TPSA) is 76.0 Å². The zero-order chi connectivity index (χ0) is 40.2. The Labute approximate surface area is 333 Å². The van der Waals surface area contributed by atoms with Gasteiger partial charge in [0.2, 0.25) is 0 Å². The molecule has 0 aliphatic carbocycles. The van der Waals surface area contributed by atoms with Crippen molar-refractivity contribution >= 4 is 32.2 Å². The first-order valence-corrected chi connectivity index (χ1v) is 22.5. The Bertz CT molecular complexity index is 1880. The molecule has 0 unspecified atom stereocenters. The molecule has 55 heavy (non-hydrogen) atoms. The van der Waals surface area contributed by atoms with Crippen molar-refractivity contribution in [3.05, 3.63) is 108 Å². The summed E-state index contributed by atoms with van der Waals surface area (Å²) in [5, 5.41) is 18.6. The summed E-state index contributed by atoms with van der Waals surface area (Å²) in [6, 6.07) is 35.3. The Morgan fingerprint density at radius 2 is 0.836 bits per heavy atom. The van der Waals surface area contributed by atoms with Crippen LogP contribution in [0.5, 0.6) is 0 Å². The normalized spacial score (nSPS) is 20.9. The van der Waals surface area contributed by atoms with E-state index in [1.54, 1.807) is 0 Å². The fourth-order valence-corrected chi connectivity index (χ4v) is 18.6. The minimum Gasteiger partial charge on any atom is -0.394 e. The van der Waals surface area contributed by atoms with E-state index in [0.717, 1.165) is 26.1 Å². The number of carbonyl (C=O) groups is 1. The highest BCUT2D eigenvalue weighted by atomic mass is 31.1. The van der Waals surface area contributed by atoms with Crippen LogP contribution >= 0.6 is 15.8 Å². The van der Waals surface area contributed by atoms with Gasteiger partial charge in [-0.15, -0.1) is 0 Å². The highest BCUT2D eigenvalue weighted by molar-refractivity contribution is 7.69. The van der Waals surface area contributed by atoms with Gasteiger partial charge in [-0.3, -0.25) is 4.79 Å². The van der Waals surface area contributed by atoms with Crippen LogP contribution in [0.25, 0.3) is 22.3 Å². The molecule has 3 aliphatic rings. The van der Waals surface area contributed by atoms with E-state index in [1.165, 1.54) is 44.0 Å². The Hall–Kier alpha value is -2.75. The molecule has 3 fully saturated rings. The second kappa shape index (κ2) is 17.4. The van der Waals surface area contributed by atoms with E-state index in [2.05, 4.69) is 166 Å². The predicted octanol–water partition coefficient (Wildman–Crippen LogP) is 10.5. The first-order chi connectivity index (χ1) is 25.9. The number of rotatable bonds is 5. The molecule has 7 rings (SSSR count). The van der Waals surface area contributed by atoms with Gasteiger partial charge in [0.05, 0.1) is 26.4 Å². The van der Waals surface area contributed by atoms with Gasteiger partial charge in [-0.1, -0.05) is 168 Å². The van der Waals surface area contributed by atoms with Gasteiger partial charge < -0.3 is 19.7 Å². The fourth-order valence-electron chi connectivity index (χ4n) is 9.91. The molecule has 5 nitrogen and oxygen atoms in total. The molecule has 296 valence electrons. The summed E-state index contributed by atoms with van der Waals surface area (Å²) in [6.45, 7) is 24.4. The van der Waals surface area contributed by atoms with Crippen molar-refractivity contribution in [1.29, 1.82) is 0 Å². The van der Waals surface area contributed by atoms with Crippen molar-refractivity contribution < 1.29 is 24.5 Å². The van der Waals surface area contributed by atoms with Gasteiger partial charge in [0, 0.05) is 25.7 Å². The second-order valence-electron chi connectivity index (χ2n) is 17.9. The van der Waals surface area contributed by atoms with Crippen LogP contribution in [-0.4, -0.2) is 68.8 Å². The molecule has 3 saturated heterocycles. The molecule has 4 aromatic rings. The quantitative estimate of drug-likeness (QED) is 0.197. The van der Waals surface area contributed by atoms with Crippen LogP contribution in [0, 0.1) is 13.8 Å². The number of Topliss-reactive ketones (excluding diaryl/α,β-unsaturated/α-hetero) is 1. The zero-order valence-electron chi connectivity index (χ0n) is 34.9. The van der Waals surface area contributed by atoms with E-state index in [9.17, 15) is 4.79 Å². The maximum atomic E-state index is 12.3. The summed E-state index contributed by atoms with van der Waals surface area (Å²) < 4.78 is 12.3. The lowest BCUT2D eigenvalue weighted by molar-refractivity contribution is -0.178. The van der Waals surface area contributed by atoms with Crippen LogP contribution in [0.4, 0.5) is 0 Å². The number of aliphatic hydroxyl groups excluding tert-OH is 2. The average molecular weight is 783 g/mol. The lowest BCUT2D eigenvalue weighted by atomic mass is 9.91. The summed E-state index contributed by atoms with van der Waals surface area (Å²) in [5.74, 6) is 0.0285. The first-order valence-electron chi connectivity index (χ1n) is 19.8. The number of hydrogen-bond donors (Lipinski definition) is 2. The number of ketones is 1. The van der Waals surface area contributed by atoms with Gasteiger partial charge in [0.15, 0.2) is 5.79 Å². The third kappa shape index (κ3) is 9.69. The molecule has 1 spiro atoms. The molecule has 3 aliphatic heterocycles. The Kier molecular flexibility index (Phi) is 13.7. The SMILES string of the molecule is Cc1ccccc1-c1ccccc1P1C(C)(C)CC(=O)CC1(C)C.Cc1ccccc1-c1ccccc1P1C(C)(C)CC2(CC1(C)C)OCCO2.OCCO. The third-order valence-corrected chi connectivity index (χ3v) is 18.4. The summed E-state index contributed by atoms with van der Waals surface area (Å²) >= 11 is 0. The number of hydrogen-bond acceptors (Lipinski definition) is 5. The van der Waals surface area contributed by atoms with Crippen LogP contribution in [0.1, 0.15) is 92.2 Å². The van der Waals surface area contributed by atoms with Crippen molar-refractivity contribution in [1.82, 2.24) is 0 Å². The molecule has 0 bridgehead atoms. The summed E-state index contributed by atoms with van der Waals surface area (Å²) in [5.41, 5.74) is 8.06. The smallest absolute Gasteiger partial charge is 0.170 e. The van der Waals surface area contributed by atoms with Gasteiger partial charge in [-0.25, -0.2) is 0 Å². The van der Waals surface area contributed by atoms with E-state index in [-0.39, 0.29) is 39.6 Å². The third-order valence-electron chi connectivity index (χ3n) is 11.2. The molecular weight excluding hydrogens is 718 g/mol. The number of ether oxygens (including phenoxy) is 2. The van der Waals surface area contributed by atoms with Gasteiger partial charge in [0.25, 0.3) is 0 Å². The Morgan fingerprint density at radius 1 is 0.509 bits per heavy atom. The first kappa shape index (κ1) is 43.4. The van der Waals surface area contributed by atoms with Crippen molar-refractivity contribution in [3.8, 4) is 22.3 Å². The van der Waals surface area contributed by atoms with Crippen LogP contribution < -0.4 is 10.6 Å². The summed E-state index contributed by atoms with van der Waals surface area (Å²) in [6.07, 6.45) is 3.34. The number of benzene rings is 4. The number of carbonyl (C=O) groups excluding carboxylic acids is 1. The Balaban J connectivity index is 0.000000194. The fraction of sp³-hybridized carbons (Fsp3) is 0.479. The minimum absolute atomic E-state index is 0.0347. The lowest BCUT2D eigenvalue weighted by Crippen LogP contribution is -2.52.